The number of carbonyl (C=O) groups is 1. The molecule has 2 aliphatic carbocycles. The van der Waals surface area contributed by atoms with Crippen LogP contribution in [0.3, 0.4) is 0 Å². The number of unbranched alkanes of at least 4 members (excludes halogenated alkanes) is 11. The van der Waals surface area contributed by atoms with Gasteiger partial charge in [-0.15, -0.1) is 6.58 Å². The van der Waals surface area contributed by atoms with E-state index >= 15 is 4.79 Å². The van der Waals surface area contributed by atoms with E-state index in [2.05, 4.69) is 82.0 Å². The van der Waals surface area contributed by atoms with Crippen molar-refractivity contribution in [2.75, 3.05) is 26.4 Å². The molecule has 1 fully saturated rings. The molecule has 1 aliphatic heterocycles. The van der Waals surface area contributed by atoms with Crippen LogP contribution >= 0.6 is 0 Å². The van der Waals surface area contributed by atoms with Gasteiger partial charge in [-0.05, 0) is 142 Å². The van der Waals surface area contributed by atoms with E-state index < -0.39 is 29.4 Å². The van der Waals surface area contributed by atoms with E-state index in [0.29, 0.717) is 30.9 Å². The second-order valence-corrected chi connectivity index (χ2v) is 21.9. The summed E-state index contributed by atoms with van der Waals surface area (Å²) in [4.78, 5) is 23.6. The van der Waals surface area contributed by atoms with Crippen molar-refractivity contribution in [1.29, 1.82) is 0 Å². The summed E-state index contributed by atoms with van der Waals surface area (Å²) in [7, 11) is 0. The van der Waals surface area contributed by atoms with E-state index in [0.717, 1.165) is 89.4 Å². The molecule has 0 bridgehead atoms. The van der Waals surface area contributed by atoms with E-state index in [-0.39, 0.29) is 50.5 Å². The molecule has 1 heterocycles. The minimum atomic E-state index is -1.44. The van der Waals surface area contributed by atoms with Crippen molar-refractivity contribution in [2.45, 2.75) is 181 Å². The fraction of sp³-hybridized carbons (Fsp3) is 0.556. The first-order valence-electron chi connectivity index (χ1n) is 27.8. The summed E-state index contributed by atoms with van der Waals surface area (Å²) in [6, 6.07) is 26.1. The summed E-state index contributed by atoms with van der Waals surface area (Å²) in [5.41, 5.74) is 5.44. The van der Waals surface area contributed by atoms with Gasteiger partial charge in [0, 0.05) is 31.1 Å². The number of allylic oxidation sites excluding steroid dienone is 1. The third-order valence-corrected chi connectivity index (χ3v) is 15.3. The fourth-order valence-electron chi connectivity index (χ4n) is 11.6. The summed E-state index contributed by atoms with van der Waals surface area (Å²) in [5, 5.41) is 27.4. The summed E-state index contributed by atoms with van der Waals surface area (Å²) < 4.78 is 28.0. The van der Waals surface area contributed by atoms with Crippen LogP contribution < -0.4 is 9.47 Å². The van der Waals surface area contributed by atoms with E-state index in [1.54, 1.807) is 6.08 Å². The van der Waals surface area contributed by atoms with Crippen LogP contribution in [0.25, 0.3) is 10.8 Å². The third kappa shape index (κ3) is 14.2. The molecule has 4 aromatic carbocycles. The van der Waals surface area contributed by atoms with Crippen LogP contribution in [0, 0.1) is 31.6 Å². The molecular weight excluding hydrogens is 913 g/mol. The Bertz CT molecular complexity index is 2470. The molecule has 1 saturated carbocycles. The number of aryl methyl sites for hydroxylation is 2. The Balaban J connectivity index is 1.37. The molecule has 73 heavy (non-hydrogen) atoms. The van der Waals surface area contributed by atoms with Crippen molar-refractivity contribution in [3.05, 3.63) is 125 Å². The third-order valence-electron chi connectivity index (χ3n) is 15.3. The maximum atomic E-state index is 15.4. The number of benzene rings is 4. The van der Waals surface area contributed by atoms with Crippen molar-refractivity contribution in [3.8, 4) is 17.2 Å². The number of oxime groups is 1. The number of aliphatic hydroxyl groups is 2. The number of aliphatic hydroxyl groups excluding tert-OH is 2. The molecule has 3 aliphatic rings. The average molecular weight is 999 g/mol. The van der Waals surface area contributed by atoms with Gasteiger partial charge in [0.15, 0.2) is 0 Å². The van der Waals surface area contributed by atoms with Crippen LogP contribution in [0.2, 0.25) is 0 Å². The Kier molecular flexibility index (Phi) is 20.5. The molecule has 7 rings (SSSR count). The zero-order valence-electron chi connectivity index (χ0n) is 45.0. The summed E-state index contributed by atoms with van der Waals surface area (Å²) >= 11 is 0. The lowest BCUT2D eigenvalue weighted by Crippen LogP contribution is -2.70. The van der Waals surface area contributed by atoms with Gasteiger partial charge in [0.1, 0.15) is 28.9 Å². The van der Waals surface area contributed by atoms with Crippen LogP contribution in [-0.2, 0) is 20.9 Å². The predicted molar refractivity (Wildman–Crippen MR) is 294 cm³/mol. The highest BCUT2D eigenvalue weighted by molar-refractivity contribution is 6.03. The van der Waals surface area contributed by atoms with Gasteiger partial charge in [-0.25, -0.2) is 4.79 Å². The zero-order chi connectivity index (χ0) is 51.8. The molecule has 10 heteroatoms. The number of amides is 1. The number of fused-ring (bicyclic) bond motifs is 3. The van der Waals surface area contributed by atoms with E-state index in [4.69, 9.17) is 28.9 Å². The number of hydrogen-bond acceptors (Lipinski definition) is 9. The molecule has 1 amide bonds. The van der Waals surface area contributed by atoms with E-state index in [9.17, 15) is 10.2 Å². The highest BCUT2D eigenvalue weighted by Crippen LogP contribution is 2.62. The predicted octanol–water partition coefficient (Wildman–Crippen LogP) is 15.2. The average Bonchev–Trinajstić information content (AvgIpc) is 3.38. The highest BCUT2D eigenvalue weighted by Gasteiger charge is 2.66. The lowest BCUT2D eigenvalue weighted by atomic mass is 9.55. The van der Waals surface area contributed by atoms with Gasteiger partial charge in [0.25, 0.3) is 0 Å². The second-order valence-electron chi connectivity index (χ2n) is 21.9. The standard InChI is InChI=1S/C63H86N2O8/c1-8-10-11-12-13-14-15-16-17-24-39-69-61(68)65(44-49-29-25-28-47-26-18-19-30-52(47)49)58-43-56(64-73-62(5,6)7)54-41-48(27-20-22-36-66)53(31-21-23-37-67)59-55-42-51(71-50-33-32-45(3)46(4)40-50)34-35-57(55)72-63(58,60(54)59)70-38-9-2/h9,18-19,25-26,28-30,32-35,40-42,48,53,58-60,66-67H,2,8,10-17,20-24,27,31,36-39,43-44H2,1,3-7H3/t48-,53+,58-,59+,60+,63+/m0/s1. The lowest BCUT2D eigenvalue weighted by Gasteiger charge is -2.60. The quantitative estimate of drug-likeness (QED) is 0.0328. The molecule has 0 saturated heterocycles. The zero-order valence-corrected chi connectivity index (χ0v) is 45.0. The summed E-state index contributed by atoms with van der Waals surface area (Å²) in [5.74, 6) is 0.127. The SMILES string of the molecule is C=CCO[C@@]12Oc3ccc(Oc4ccc(C)c(C)c4)cc3[C@H]3[C@H](CCCCO)[C@@H](CCCCO)C=C(C(=NOC(C)(C)C)C[C@@H]1N(Cc1cccc4ccccc14)C(=O)OCCCCCCCCCCCC)[C@H]32. The van der Waals surface area contributed by atoms with Crippen LogP contribution in [-0.4, -0.2) is 70.8 Å². The van der Waals surface area contributed by atoms with Gasteiger partial charge < -0.3 is 34.0 Å². The normalized spacial score (nSPS) is 21.7. The molecule has 396 valence electrons. The maximum Gasteiger partial charge on any atom is 0.410 e. The minimum Gasteiger partial charge on any atom is -0.459 e. The number of rotatable bonds is 28. The van der Waals surface area contributed by atoms with Gasteiger partial charge >= 0.3 is 6.09 Å². The van der Waals surface area contributed by atoms with Crippen LogP contribution in [0.5, 0.6) is 17.2 Å². The number of hydrogen-bond donors (Lipinski definition) is 2. The summed E-state index contributed by atoms with van der Waals surface area (Å²) in [6.45, 7) is 17.5. The first-order valence-corrected chi connectivity index (χ1v) is 27.8. The fourth-order valence-corrected chi connectivity index (χ4v) is 11.6. The molecule has 10 nitrogen and oxygen atoms in total. The van der Waals surface area contributed by atoms with E-state index in [1.807, 2.05) is 56.0 Å². The molecule has 4 aromatic rings. The Morgan fingerprint density at radius 3 is 2.22 bits per heavy atom. The Morgan fingerprint density at radius 1 is 0.822 bits per heavy atom. The van der Waals surface area contributed by atoms with Crippen molar-refractivity contribution in [1.82, 2.24) is 4.90 Å². The smallest absolute Gasteiger partial charge is 0.410 e. The number of carbonyl (C=O) groups excluding carboxylic acids is 1. The van der Waals surface area contributed by atoms with Gasteiger partial charge in [0.2, 0.25) is 5.79 Å². The van der Waals surface area contributed by atoms with Crippen molar-refractivity contribution in [2.24, 2.45) is 22.9 Å². The first kappa shape index (κ1) is 55.6. The van der Waals surface area contributed by atoms with Gasteiger partial charge in [-0.1, -0.05) is 143 Å². The highest BCUT2D eigenvalue weighted by atomic mass is 16.7. The van der Waals surface area contributed by atoms with Gasteiger partial charge in [0.05, 0.1) is 31.4 Å². The van der Waals surface area contributed by atoms with Crippen molar-refractivity contribution >= 4 is 22.6 Å². The van der Waals surface area contributed by atoms with Crippen LogP contribution in [0.15, 0.2) is 108 Å². The molecule has 0 spiro atoms. The summed E-state index contributed by atoms with van der Waals surface area (Å²) in [6.07, 6.45) is 20.5. The number of ether oxygens (including phenoxy) is 4. The molecular formula is C63H86N2O8. The van der Waals surface area contributed by atoms with Gasteiger partial charge in [-0.3, -0.25) is 4.90 Å². The van der Waals surface area contributed by atoms with Crippen molar-refractivity contribution < 1.29 is 38.8 Å². The Morgan fingerprint density at radius 2 is 1.51 bits per heavy atom. The topological polar surface area (TPSA) is 119 Å². The Hall–Kier alpha value is -5.16. The molecule has 0 radical (unpaired) electrons. The number of nitrogens with zero attached hydrogens (tertiary/aromatic N) is 2. The van der Waals surface area contributed by atoms with Gasteiger partial charge in [-0.2, -0.15) is 0 Å². The molecule has 0 aromatic heterocycles. The monoisotopic (exact) mass is 999 g/mol. The first-order chi connectivity index (χ1) is 35.4. The largest absolute Gasteiger partial charge is 0.459 e. The molecule has 2 N–H and O–H groups in total. The lowest BCUT2D eigenvalue weighted by molar-refractivity contribution is -0.256. The maximum absolute atomic E-state index is 15.4. The van der Waals surface area contributed by atoms with Crippen LogP contribution in [0.4, 0.5) is 4.79 Å². The Labute approximate surface area is 437 Å². The molecule has 0 unspecified atom stereocenters. The molecule has 6 atom stereocenters. The van der Waals surface area contributed by atoms with Crippen molar-refractivity contribution in [3.63, 3.8) is 0 Å². The minimum absolute atomic E-state index is 0.0589. The second kappa shape index (κ2) is 26.9. The van der Waals surface area contributed by atoms with Crippen LogP contribution in [0.1, 0.15) is 165 Å². The van der Waals surface area contributed by atoms with E-state index in [1.165, 1.54) is 50.5 Å².